The Kier molecular flexibility index (Phi) is 6.26. The molecule has 0 saturated heterocycles. The van der Waals surface area contributed by atoms with Crippen molar-refractivity contribution in [3.63, 3.8) is 0 Å². The van der Waals surface area contributed by atoms with Gasteiger partial charge in [-0.2, -0.15) is 0 Å². The lowest BCUT2D eigenvalue weighted by Crippen LogP contribution is -2.56. The van der Waals surface area contributed by atoms with Gasteiger partial charge >= 0.3 is 11.9 Å². The fourth-order valence-electron chi connectivity index (χ4n) is 1.79. The third kappa shape index (κ3) is 3.99. The molecule has 2 amide bonds. The monoisotopic (exact) mass is 342 g/mol. The summed E-state index contributed by atoms with van der Waals surface area (Å²) in [5.41, 5.74) is 4.00. The molecule has 0 spiro atoms. The second-order valence-electron chi connectivity index (χ2n) is 4.44. The lowest BCUT2D eigenvalue weighted by Gasteiger charge is -2.31. The lowest BCUT2D eigenvalue weighted by atomic mass is 10.1. The van der Waals surface area contributed by atoms with Crippen LogP contribution in [0.5, 0.6) is 0 Å². The van der Waals surface area contributed by atoms with E-state index in [1.165, 1.54) is 0 Å². The number of rotatable bonds is 8. The van der Waals surface area contributed by atoms with Gasteiger partial charge in [0.05, 0.1) is 25.6 Å². The number of carbonyl (C=O) groups is 4. The average molecular weight is 342 g/mol. The van der Waals surface area contributed by atoms with Gasteiger partial charge in [-0.05, 0) is 0 Å². The molecule has 0 aromatic carbocycles. The Morgan fingerprint density at radius 2 is 1.46 bits per heavy atom. The van der Waals surface area contributed by atoms with Crippen LogP contribution in [0.2, 0.25) is 0 Å². The van der Waals surface area contributed by atoms with Gasteiger partial charge in [0.25, 0.3) is 11.8 Å². The maximum absolute atomic E-state index is 12.5. The maximum Gasteiger partial charge on any atom is 0.328 e. The molecular weight excluding hydrogens is 328 g/mol. The minimum absolute atomic E-state index is 0.236. The molecule has 24 heavy (non-hydrogen) atoms. The van der Waals surface area contributed by atoms with Gasteiger partial charge in [0.2, 0.25) is 0 Å². The Balaban J connectivity index is 3.39. The number of aliphatic hydroxyl groups is 2. The molecule has 12 nitrogen and oxygen atoms in total. The largest absolute Gasteiger partial charge is 0.480 e. The zero-order chi connectivity index (χ0) is 18.4. The van der Waals surface area contributed by atoms with Crippen molar-refractivity contribution in [3.05, 3.63) is 23.8 Å². The van der Waals surface area contributed by atoms with E-state index >= 15 is 0 Å². The number of hydrogen-bond donors (Lipinski definition) is 5. The van der Waals surface area contributed by atoms with E-state index in [1.54, 1.807) is 0 Å². The summed E-state index contributed by atoms with van der Waals surface area (Å²) in [5, 5.41) is 36.5. The van der Waals surface area contributed by atoms with E-state index in [2.05, 4.69) is 9.97 Å². The van der Waals surface area contributed by atoms with Crippen molar-refractivity contribution in [1.82, 2.24) is 14.9 Å². The number of nitrogens with two attached hydrogens (primary N) is 1. The molecule has 6 N–H and O–H groups in total. The van der Waals surface area contributed by atoms with Crippen LogP contribution in [0.15, 0.2) is 12.4 Å². The molecule has 130 valence electrons. The molecule has 0 radical (unpaired) electrons. The predicted octanol–water partition coefficient (Wildman–Crippen LogP) is -3.09. The van der Waals surface area contributed by atoms with Gasteiger partial charge in [-0.3, -0.25) is 14.6 Å². The second-order valence-corrected chi connectivity index (χ2v) is 4.44. The van der Waals surface area contributed by atoms with Gasteiger partial charge in [-0.25, -0.2) is 14.6 Å². The van der Waals surface area contributed by atoms with Crippen LogP contribution in [-0.4, -0.2) is 84.3 Å². The van der Waals surface area contributed by atoms with E-state index in [-0.39, 0.29) is 4.90 Å². The molecular formula is C12H14N4O8. The highest BCUT2D eigenvalue weighted by Crippen LogP contribution is 2.12. The zero-order valence-corrected chi connectivity index (χ0v) is 12.1. The van der Waals surface area contributed by atoms with Crippen molar-refractivity contribution in [2.24, 2.45) is 5.73 Å². The van der Waals surface area contributed by atoms with Crippen molar-refractivity contribution >= 4 is 23.8 Å². The highest BCUT2D eigenvalue weighted by molar-refractivity contribution is 5.98. The molecule has 1 aromatic rings. The van der Waals surface area contributed by atoms with Gasteiger partial charge in [0, 0.05) is 0 Å². The molecule has 0 saturated carbocycles. The van der Waals surface area contributed by atoms with Gasteiger partial charge in [0.1, 0.15) is 11.4 Å². The summed E-state index contributed by atoms with van der Waals surface area (Å²) >= 11 is 0. The standard InChI is InChI=1S/C12H14N4O8/c13-9(19)5-1-14-2-6(15-5)10(20)16(7(3-17)11(21)22)8(4-18)12(23)24/h1-2,7-8,17-18H,3-4H2,(H2,13,19)(H,21,22)(H,23,24)/t7-,8-/m1/s1. The number of carboxylic acid groups (broad SMARTS) is 2. The van der Waals surface area contributed by atoms with Gasteiger partial charge in [-0.1, -0.05) is 0 Å². The molecule has 0 aliphatic heterocycles. The summed E-state index contributed by atoms with van der Waals surface area (Å²) in [7, 11) is 0. The summed E-state index contributed by atoms with van der Waals surface area (Å²) in [6.07, 6.45) is 1.80. The summed E-state index contributed by atoms with van der Waals surface area (Å²) < 4.78 is 0. The predicted molar refractivity (Wildman–Crippen MR) is 73.7 cm³/mol. The number of hydrogen-bond acceptors (Lipinski definition) is 8. The normalized spacial score (nSPS) is 12.9. The summed E-state index contributed by atoms with van der Waals surface area (Å²) in [4.78, 5) is 53.2. The minimum Gasteiger partial charge on any atom is -0.480 e. The maximum atomic E-state index is 12.5. The average Bonchev–Trinajstić information content (AvgIpc) is 2.53. The fraction of sp³-hybridized carbons (Fsp3) is 0.333. The number of primary amides is 1. The van der Waals surface area contributed by atoms with E-state index in [1.807, 2.05) is 0 Å². The molecule has 2 atom stereocenters. The Hall–Kier alpha value is -3.12. The number of aliphatic hydroxyl groups excluding tert-OH is 2. The smallest absolute Gasteiger partial charge is 0.328 e. The van der Waals surface area contributed by atoms with E-state index in [0.29, 0.717) is 0 Å². The molecule has 1 rings (SSSR count). The molecule has 12 heteroatoms. The first kappa shape index (κ1) is 18.9. The van der Waals surface area contributed by atoms with E-state index in [9.17, 15) is 29.4 Å². The minimum atomic E-state index is -1.97. The highest BCUT2D eigenvalue weighted by atomic mass is 16.4. The second kappa shape index (κ2) is 7.94. The fourth-order valence-corrected chi connectivity index (χ4v) is 1.79. The van der Waals surface area contributed by atoms with Crippen LogP contribution < -0.4 is 5.73 Å². The summed E-state index contributed by atoms with van der Waals surface area (Å²) in [6.45, 7) is -2.23. The van der Waals surface area contributed by atoms with Crippen LogP contribution in [0.4, 0.5) is 0 Å². The van der Waals surface area contributed by atoms with E-state index in [0.717, 1.165) is 12.4 Å². The first-order valence-electron chi connectivity index (χ1n) is 6.36. The third-order valence-corrected chi connectivity index (χ3v) is 2.93. The van der Waals surface area contributed by atoms with Crippen LogP contribution in [-0.2, 0) is 9.59 Å². The number of carbonyl (C=O) groups excluding carboxylic acids is 2. The number of amides is 2. The Bertz CT molecular complexity index is 642. The van der Waals surface area contributed by atoms with Crippen LogP contribution in [0.1, 0.15) is 21.0 Å². The summed E-state index contributed by atoms with van der Waals surface area (Å²) in [6, 6.07) is -3.94. The SMILES string of the molecule is NC(=O)c1cncc(C(=O)N([C@H](CO)C(=O)O)[C@H](CO)C(=O)O)n1. The Labute approximate surface area is 134 Å². The molecule has 0 aliphatic carbocycles. The van der Waals surface area contributed by atoms with Gasteiger partial charge in [0.15, 0.2) is 12.1 Å². The number of carboxylic acids is 2. The van der Waals surface area contributed by atoms with Gasteiger partial charge < -0.3 is 31.1 Å². The molecule has 0 aliphatic rings. The zero-order valence-electron chi connectivity index (χ0n) is 12.1. The number of nitrogens with zero attached hydrogens (tertiary/aromatic N) is 3. The molecule has 0 bridgehead atoms. The van der Waals surface area contributed by atoms with Crippen molar-refractivity contribution in [2.45, 2.75) is 12.1 Å². The van der Waals surface area contributed by atoms with Crippen molar-refractivity contribution in [2.75, 3.05) is 13.2 Å². The van der Waals surface area contributed by atoms with Crippen LogP contribution >= 0.6 is 0 Å². The molecule has 1 aromatic heterocycles. The Morgan fingerprint density at radius 3 is 1.83 bits per heavy atom. The Morgan fingerprint density at radius 1 is 1.00 bits per heavy atom. The van der Waals surface area contributed by atoms with E-state index in [4.69, 9.17) is 15.9 Å². The lowest BCUT2D eigenvalue weighted by molar-refractivity contribution is -0.151. The van der Waals surface area contributed by atoms with Gasteiger partial charge in [-0.15, -0.1) is 0 Å². The van der Waals surface area contributed by atoms with Crippen LogP contribution in [0.25, 0.3) is 0 Å². The third-order valence-electron chi connectivity index (χ3n) is 2.93. The number of aromatic nitrogens is 2. The molecule has 0 unspecified atom stereocenters. The van der Waals surface area contributed by atoms with Crippen molar-refractivity contribution in [3.8, 4) is 0 Å². The quantitative estimate of drug-likeness (QED) is 0.322. The number of aliphatic carboxylic acids is 2. The van der Waals surface area contributed by atoms with Crippen LogP contribution in [0, 0.1) is 0 Å². The van der Waals surface area contributed by atoms with E-state index < -0.39 is 60.4 Å². The van der Waals surface area contributed by atoms with Crippen molar-refractivity contribution in [1.29, 1.82) is 0 Å². The molecule has 0 fully saturated rings. The molecule has 1 heterocycles. The summed E-state index contributed by atoms with van der Waals surface area (Å²) in [5.74, 6) is -5.69. The first-order valence-corrected chi connectivity index (χ1v) is 6.36. The first-order chi connectivity index (χ1) is 11.2. The topological polar surface area (TPSA) is 204 Å². The van der Waals surface area contributed by atoms with Crippen LogP contribution in [0.3, 0.4) is 0 Å². The van der Waals surface area contributed by atoms with Crippen molar-refractivity contribution < 1.29 is 39.6 Å². The highest BCUT2D eigenvalue weighted by Gasteiger charge is 2.39.